The van der Waals surface area contributed by atoms with Crippen LogP contribution in [0.3, 0.4) is 0 Å². The third kappa shape index (κ3) is 8.44. The maximum atomic E-state index is 13.2. The molecule has 0 aromatic heterocycles. The molecule has 3 amide bonds. The minimum absolute atomic E-state index is 0.0152. The highest BCUT2D eigenvalue weighted by Gasteiger charge is 2.41. The third-order valence-corrected chi connectivity index (χ3v) is 9.10. The number of rotatable bonds is 9. The number of aliphatic hydroxyl groups excluding tert-OH is 1. The van der Waals surface area contributed by atoms with Gasteiger partial charge >= 0.3 is 6.09 Å². The Morgan fingerprint density at radius 1 is 0.830 bits per heavy atom. The van der Waals surface area contributed by atoms with Gasteiger partial charge in [-0.2, -0.15) is 0 Å². The molecular weight excluding hydrogens is 598 g/mol. The monoisotopic (exact) mass is 641 g/mol. The first-order valence-electron chi connectivity index (χ1n) is 16.6. The second kappa shape index (κ2) is 15.7. The molecule has 3 aromatic carbocycles. The molecule has 47 heavy (non-hydrogen) atoms. The smallest absolute Gasteiger partial charge is 0.408 e. The molecule has 0 radical (unpaired) electrons. The van der Waals surface area contributed by atoms with E-state index in [1.165, 1.54) is 32.1 Å². The Bertz CT molecular complexity index is 1490. The molecule has 3 heterocycles. The van der Waals surface area contributed by atoms with E-state index in [1.54, 1.807) is 12.1 Å². The van der Waals surface area contributed by atoms with Crippen LogP contribution in [-0.2, 0) is 37.0 Å². The molecule has 248 valence electrons. The van der Waals surface area contributed by atoms with Gasteiger partial charge in [0.25, 0.3) is 5.91 Å². The number of imide groups is 1. The molecule has 3 aliphatic rings. The van der Waals surface area contributed by atoms with Crippen LogP contribution in [0, 0.1) is 0 Å². The zero-order valence-electron chi connectivity index (χ0n) is 26.6. The summed E-state index contributed by atoms with van der Waals surface area (Å²) in [5, 5.41) is 12.1. The predicted octanol–water partition coefficient (Wildman–Crippen LogP) is 5.55. The molecule has 6 rings (SSSR count). The number of ether oxygens (including phenoxy) is 3. The summed E-state index contributed by atoms with van der Waals surface area (Å²) in [6.45, 7) is 3.00. The zero-order chi connectivity index (χ0) is 32.6. The van der Waals surface area contributed by atoms with Gasteiger partial charge < -0.3 is 29.5 Å². The van der Waals surface area contributed by atoms with E-state index in [2.05, 4.69) is 10.2 Å². The second-order valence-electron chi connectivity index (χ2n) is 12.5. The van der Waals surface area contributed by atoms with E-state index in [4.69, 9.17) is 14.2 Å². The quantitative estimate of drug-likeness (QED) is 0.292. The van der Waals surface area contributed by atoms with Crippen LogP contribution < -0.4 is 10.2 Å². The fourth-order valence-corrected chi connectivity index (χ4v) is 6.52. The number of nitrogens with zero attached hydrogens (tertiary/aromatic N) is 2. The normalized spacial score (nSPS) is 24.1. The summed E-state index contributed by atoms with van der Waals surface area (Å²) in [7, 11) is 0. The van der Waals surface area contributed by atoms with Gasteiger partial charge in [-0.05, 0) is 54.8 Å². The van der Waals surface area contributed by atoms with E-state index in [1.807, 2.05) is 66.7 Å². The molecule has 3 saturated heterocycles. The summed E-state index contributed by atoms with van der Waals surface area (Å²) in [6, 6.07) is 23.1. The number of anilines is 1. The van der Waals surface area contributed by atoms with Crippen LogP contribution in [0.25, 0.3) is 0 Å². The molecule has 2 N–H and O–H groups in total. The largest absolute Gasteiger partial charge is 0.445 e. The van der Waals surface area contributed by atoms with Crippen LogP contribution in [0.15, 0.2) is 78.9 Å². The molecule has 0 spiro atoms. The number of likely N-dealkylation sites (tertiary alicyclic amines) is 1. The topological polar surface area (TPSA) is 118 Å². The Balaban J connectivity index is 1.12. The van der Waals surface area contributed by atoms with Crippen molar-refractivity contribution in [3.05, 3.63) is 101 Å². The molecule has 0 aliphatic carbocycles. The minimum atomic E-state index is -1.00. The van der Waals surface area contributed by atoms with Crippen molar-refractivity contribution in [1.82, 2.24) is 10.2 Å². The highest BCUT2D eigenvalue weighted by molar-refractivity contribution is 6.22. The lowest BCUT2D eigenvalue weighted by Crippen LogP contribution is -2.42. The van der Waals surface area contributed by atoms with E-state index >= 15 is 0 Å². The Morgan fingerprint density at radius 3 is 2.21 bits per heavy atom. The fourth-order valence-electron chi connectivity index (χ4n) is 6.52. The van der Waals surface area contributed by atoms with Gasteiger partial charge in [0.2, 0.25) is 5.91 Å². The summed E-state index contributed by atoms with van der Waals surface area (Å²) in [5.74, 6) is -0.912. The van der Waals surface area contributed by atoms with Crippen LogP contribution in [0.1, 0.15) is 79.6 Å². The maximum absolute atomic E-state index is 13.2. The van der Waals surface area contributed by atoms with E-state index in [0.29, 0.717) is 12.1 Å². The molecule has 1 unspecified atom stereocenters. The number of aliphatic hydroxyl groups is 1. The molecule has 4 atom stereocenters. The Morgan fingerprint density at radius 2 is 1.51 bits per heavy atom. The maximum Gasteiger partial charge on any atom is 0.408 e. The summed E-state index contributed by atoms with van der Waals surface area (Å²) in [6.07, 6.45) is 5.13. The summed E-state index contributed by atoms with van der Waals surface area (Å²) >= 11 is 0. The van der Waals surface area contributed by atoms with Crippen LogP contribution in [0.5, 0.6) is 0 Å². The van der Waals surface area contributed by atoms with E-state index in [9.17, 15) is 19.5 Å². The number of hydrogen-bond donors (Lipinski definition) is 2. The van der Waals surface area contributed by atoms with Crippen molar-refractivity contribution >= 4 is 23.6 Å². The van der Waals surface area contributed by atoms with Crippen molar-refractivity contribution in [1.29, 1.82) is 0 Å². The Hall–Kier alpha value is -4.09. The number of alkyl carbamates (subject to hydrolysis) is 1. The number of carbonyl (C=O) groups is 3. The van der Waals surface area contributed by atoms with Crippen molar-refractivity contribution in [2.45, 2.75) is 82.7 Å². The first kappa shape index (κ1) is 32.8. The van der Waals surface area contributed by atoms with E-state index < -0.39 is 30.2 Å². The fraction of sp³-hybridized carbons (Fsp3) is 0.432. The highest BCUT2D eigenvalue weighted by Crippen LogP contribution is 2.39. The summed E-state index contributed by atoms with van der Waals surface area (Å²) < 4.78 is 18.3. The summed E-state index contributed by atoms with van der Waals surface area (Å²) in [4.78, 5) is 42.1. The van der Waals surface area contributed by atoms with Crippen molar-refractivity contribution in [3.63, 3.8) is 0 Å². The van der Waals surface area contributed by atoms with Crippen LogP contribution in [0.2, 0.25) is 0 Å². The lowest BCUT2D eigenvalue weighted by molar-refractivity contribution is -0.253. The second-order valence-corrected chi connectivity index (χ2v) is 12.5. The van der Waals surface area contributed by atoms with Crippen molar-refractivity contribution < 1.29 is 33.7 Å². The van der Waals surface area contributed by atoms with Gasteiger partial charge in [-0.1, -0.05) is 86.0 Å². The lowest BCUT2D eigenvalue weighted by atomic mass is 9.99. The number of amides is 3. The van der Waals surface area contributed by atoms with Crippen LogP contribution in [0.4, 0.5) is 10.5 Å². The molecule has 0 bridgehead atoms. The number of hydrogen-bond acceptors (Lipinski definition) is 8. The van der Waals surface area contributed by atoms with Crippen molar-refractivity contribution in [2.75, 3.05) is 24.5 Å². The molecule has 10 heteroatoms. The van der Waals surface area contributed by atoms with Gasteiger partial charge in [-0.3, -0.25) is 9.59 Å². The standard InChI is InChI=1S/C37H43N3O7/c41-24-26-11-13-28(14-12-26)33-21-31(23-39-19-7-2-1-3-8-20-39)46-36(47-33)29-15-17-30(18-16-29)40-34(42)22-32(35(40)43)38-37(44)45-25-27-9-5-4-6-10-27/h4-6,9-18,31-33,36,41H,1-3,7-8,19-25H2,(H,38,44)/t31-,32?,33+,36+/m1/s1. The average molecular weight is 642 g/mol. The highest BCUT2D eigenvalue weighted by atomic mass is 16.7. The zero-order valence-corrected chi connectivity index (χ0v) is 26.6. The summed E-state index contributed by atoms with van der Waals surface area (Å²) in [5.41, 5.74) is 3.88. The number of nitrogens with one attached hydrogen (secondary N) is 1. The van der Waals surface area contributed by atoms with Gasteiger partial charge in [-0.15, -0.1) is 0 Å². The number of carbonyl (C=O) groups excluding carboxylic acids is 3. The van der Waals surface area contributed by atoms with Crippen molar-refractivity contribution in [3.8, 4) is 0 Å². The molecule has 3 fully saturated rings. The Kier molecular flexibility index (Phi) is 10.9. The molecule has 3 aliphatic heterocycles. The van der Waals surface area contributed by atoms with Gasteiger partial charge in [-0.25, -0.2) is 9.69 Å². The van der Waals surface area contributed by atoms with E-state index in [0.717, 1.165) is 46.8 Å². The van der Waals surface area contributed by atoms with Gasteiger partial charge in [0.1, 0.15) is 12.6 Å². The Labute approximate surface area is 275 Å². The van der Waals surface area contributed by atoms with E-state index in [-0.39, 0.29) is 31.8 Å². The van der Waals surface area contributed by atoms with Gasteiger partial charge in [0, 0.05) is 18.5 Å². The SMILES string of the molecule is O=C(NC1CC(=O)N(c2ccc([C@H]3O[C@@H](CN4CCCCCCC4)C[C@@H](c4ccc(CO)cc4)O3)cc2)C1=O)OCc1ccccc1. The molecular formula is C37H43N3O7. The minimum Gasteiger partial charge on any atom is -0.445 e. The molecule has 10 nitrogen and oxygen atoms in total. The van der Waals surface area contributed by atoms with Crippen molar-refractivity contribution in [2.24, 2.45) is 0 Å². The van der Waals surface area contributed by atoms with Crippen LogP contribution in [-0.4, -0.2) is 59.7 Å². The lowest BCUT2D eigenvalue weighted by Gasteiger charge is -2.39. The predicted molar refractivity (Wildman–Crippen MR) is 175 cm³/mol. The molecule has 0 saturated carbocycles. The molecule has 3 aromatic rings. The van der Waals surface area contributed by atoms with Gasteiger partial charge in [0.05, 0.1) is 30.9 Å². The first-order chi connectivity index (χ1) is 23.0. The van der Waals surface area contributed by atoms with Crippen LogP contribution >= 0.6 is 0 Å². The third-order valence-electron chi connectivity index (χ3n) is 9.10. The average Bonchev–Trinajstić information content (AvgIpc) is 3.36. The first-order valence-corrected chi connectivity index (χ1v) is 16.6. The van der Waals surface area contributed by atoms with Gasteiger partial charge in [0.15, 0.2) is 6.29 Å². The number of benzene rings is 3.